The smallest absolute Gasteiger partial charge is 0.407 e. The standard InChI is InChI=1S/C22H29N3O6S/c1-15(20(26)30-5)12-17-13-19(7-6-16(17)14-23)32(28,29)25-10-8-18(9-11-25)24-21(27)31-22(2,3)4/h6-7,12-13,18H,8-11H2,1-5H3,(H,24,27)/b15-12+. The second-order valence-electron chi connectivity index (χ2n) is 8.50. The van der Waals surface area contributed by atoms with E-state index in [1.54, 1.807) is 20.8 Å². The molecule has 1 heterocycles. The van der Waals surface area contributed by atoms with Crippen molar-refractivity contribution in [2.24, 2.45) is 0 Å². The minimum Gasteiger partial charge on any atom is -0.466 e. The second-order valence-corrected chi connectivity index (χ2v) is 10.4. The molecular weight excluding hydrogens is 434 g/mol. The summed E-state index contributed by atoms with van der Waals surface area (Å²) in [5.41, 5.74) is 0.195. The van der Waals surface area contributed by atoms with Crippen LogP contribution in [0.25, 0.3) is 6.08 Å². The summed E-state index contributed by atoms with van der Waals surface area (Å²) in [7, 11) is -2.57. The third-order valence-electron chi connectivity index (χ3n) is 4.84. The van der Waals surface area contributed by atoms with Gasteiger partial charge >= 0.3 is 12.1 Å². The molecule has 32 heavy (non-hydrogen) atoms. The summed E-state index contributed by atoms with van der Waals surface area (Å²) in [6, 6.07) is 5.99. The van der Waals surface area contributed by atoms with E-state index in [9.17, 15) is 23.3 Å². The molecule has 1 aromatic carbocycles. The number of ether oxygens (including phenoxy) is 2. The highest BCUT2D eigenvalue weighted by molar-refractivity contribution is 7.89. The Morgan fingerprint density at radius 1 is 1.25 bits per heavy atom. The first-order valence-electron chi connectivity index (χ1n) is 10.2. The molecule has 10 heteroatoms. The van der Waals surface area contributed by atoms with Crippen LogP contribution in [-0.2, 0) is 24.3 Å². The minimum atomic E-state index is -3.82. The fourth-order valence-electron chi connectivity index (χ4n) is 3.24. The summed E-state index contributed by atoms with van der Waals surface area (Å²) in [6.07, 6.45) is 1.80. The van der Waals surface area contributed by atoms with Gasteiger partial charge in [0, 0.05) is 24.7 Å². The number of nitrogens with one attached hydrogen (secondary N) is 1. The topological polar surface area (TPSA) is 126 Å². The van der Waals surface area contributed by atoms with Crippen LogP contribution in [0.2, 0.25) is 0 Å². The average molecular weight is 464 g/mol. The normalized spacial score (nSPS) is 16.2. The molecule has 1 aliphatic heterocycles. The summed E-state index contributed by atoms with van der Waals surface area (Å²) < 4.78 is 37.6. The molecule has 0 atom stereocenters. The highest BCUT2D eigenvalue weighted by atomic mass is 32.2. The Morgan fingerprint density at radius 2 is 1.88 bits per heavy atom. The number of amides is 1. The molecule has 2 rings (SSSR count). The predicted octanol–water partition coefficient (Wildman–Crippen LogP) is 2.81. The number of sulfonamides is 1. The van der Waals surface area contributed by atoms with Gasteiger partial charge in [-0.3, -0.25) is 0 Å². The van der Waals surface area contributed by atoms with Gasteiger partial charge in [-0.05, 0) is 70.4 Å². The second kappa shape index (κ2) is 10.1. The van der Waals surface area contributed by atoms with Crippen molar-refractivity contribution in [2.75, 3.05) is 20.2 Å². The van der Waals surface area contributed by atoms with Crippen molar-refractivity contribution in [2.45, 2.75) is 57.1 Å². The number of alkyl carbamates (subject to hydrolysis) is 1. The minimum absolute atomic E-state index is 0.0268. The van der Waals surface area contributed by atoms with E-state index in [1.807, 2.05) is 6.07 Å². The van der Waals surface area contributed by atoms with Gasteiger partial charge in [0.05, 0.1) is 23.6 Å². The molecule has 0 bridgehead atoms. The fourth-order valence-corrected chi connectivity index (χ4v) is 4.75. The molecule has 1 fully saturated rings. The Kier molecular flexibility index (Phi) is 8.04. The van der Waals surface area contributed by atoms with Gasteiger partial charge in [0.1, 0.15) is 5.60 Å². The molecule has 0 radical (unpaired) electrons. The number of carbonyl (C=O) groups is 2. The molecule has 1 amide bonds. The Hall–Kier alpha value is -2.90. The number of hydrogen-bond donors (Lipinski definition) is 1. The van der Waals surface area contributed by atoms with E-state index >= 15 is 0 Å². The molecule has 1 N–H and O–H groups in total. The van der Waals surface area contributed by atoms with E-state index in [4.69, 9.17) is 4.74 Å². The van der Waals surface area contributed by atoms with Crippen molar-refractivity contribution in [1.82, 2.24) is 9.62 Å². The number of carbonyl (C=O) groups excluding carboxylic acids is 2. The van der Waals surface area contributed by atoms with Crippen LogP contribution in [0.5, 0.6) is 0 Å². The molecule has 1 aliphatic rings. The molecule has 0 unspecified atom stereocenters. The van der Waals surface area contributed by atoms with Gasteiger partial charge in [-0.15, -0.1) is 0 Å². The summed E-state index contributed by atoms with van der Waals surface area (Å²) >= 11 is 0. The zero-order chi connectivity index (χ0) is 24.1. The van der Waals surface area contributed by atoms with Crippen LogP contribution in [0.15, 0.2) is 28.7 Å². The molecule has 1 saturated heterocycles. The quantitative estimate of drug-likeness (QED) is 0.526. The molecule has 174 valence electrons. The van der Waals surface area contributed by atoms with Crippen molar-refractivity contribution < 1.29 is 27.5 Å². The molecule has 0 aliphatic carbocycles. The average Bonchev–Trinajstić information content (AvgIpc) is 2.72. The van der Waals surface area contributed by atoms with Crippen molar-refractivity contribution in [3.8, 4) is 6.07 Å². The number of nitrogens with zero attached hydrogens (tertiary/aromatic N) is 2. The first-order valence-corrected chi connectivity index (χ1v) is 11.6. The molecule has 1 aromatic rings. The van der Waals surface area contributed by atoms with E-state index < -0.39 is 27.7 Å². The van der Waals surface area contributed by atoms with E-state index in [0.29, 0.717) is 18.4 Å². The lowest BCUT2D eigenvalue weighted by Crippen LogP contribution is -2.47. The highest BCUT2D eigenvalue weighted by Gasteiger charge is 2.31. The zero-order valence-corrected chi connectivity index (χ0v) is 19.8. The molecular formula is C22H29N3O6S. The van der Waals surface area contributed by atoms with Gasteiger partial charge < -0.3 is 14.8 Å². The number of benzene rings is 1. The van der Waals surface area contributed by atoms with Crippen LogP contribution in [0.1, 0.15) is 51.7 Å². The zero-order valence-electron chi connectivity index (χ0n) is 19.0. The first-order chi connectivity index (χ1) is 14.9. The van der Waals surface area contributed by atoms with Crippen LogP contribution in [0.4, 0.5) is 4.79 Å². The Labute approximate surface area is 189 Å². The molecule has 9 nitrogen and oxygen atoms in total. The summed E-state index contributed by atoms with van der Waals surface area (Å²) in [6.45, 7) is 7.31. The SMILES string of the molecule is COC(=O)/C(C)=C/c1cc(S(=O)(=O)N2CCC(NC(=O)OC(C)(C)C)CC2)ccc1C#N. The van der Waals surface area contributed by atoms with E-state index in [0.717, 1.165) is 0 Å². The Morgan fingerprint density at radius 3 is 2.41 bits per heavy atom. The Balaban J connectivity index is 2.16. The fraction of sp³-hybridized carbons (Fsp3) is 0.500. The van der Waals surface area contributed by atoms with E-state index in [2.05, 4.69) is 10.1 Å². The number of hydrogen-bond acceptors (Lipinski definition) is 7. The van der Waals surface area contributed by atoms with Gasteiger partial charge in [0.15, 0.2) is 0 Å². The van der Waals surface area contributed by atoms with E-state index in [1.165, 1.54) is 42.6 Å². The van der Waals surface area contributed by atoms with Crippen LogP contribution in [-0.4, -0.2) is 56.6 Å². The van der Waals surface area contributed by atoms with E-state index in [-0.39, 0.29) is 35.2 Å². The lowest BCUT2D eigenvalue weighted by molar-refractivity contribution is -0.135. The predicted molar refractivity (Wildman–Crippen MR) is 118 cm³/mol. The maximum atomic E-state index is 13.2. The lowest BCUT2D eigenvalue weighted by Gasteiger charge is -2.32. The van der Waals surface area contributed by atoms with Gasteiger partial charge in [-0.1, -0.05) is 0 Å². The number of nitriles is 1. The molecule has 0 aromatic heterocycles. The van der Waals surface area contributed by atoms with Gasteiger partial charge in [-0.25, -0.2) is 18.0 Å². The van der Waals surface area contributed by atoms with Crippen molar-refractivity contribution in [1.29, 1.82) is 5.26 Å². The monoisotopic (exact) mass is 463 g/mol. The first kappa shape index (κ1) is 25.4. The molecule has 0 spiro atoms. The number of piperidine rings is 1. The van der Waals surface area contributed by atoms with Crippen LogP contribution in [0.3, 0.4) is 0 Å². The molecule has 0 saturated carbocycles. The number of methoxy groups -OCH3 is 1. The maximum absolute atomic E-state index is 13.2. The third-order valence-corrected chi connectivity index (χ3v) is 6.73. The Bertz CT molecular complexity index is 1040. The maximum Gasteiger partial charge on any atom is 0.407 e. The largest absolute Gasteiger partial charge is 0.466 e. The van der Waals surface area contributed by atoms with Crippen LogP contribution in [0, 0.1) is 11.3 Å². The van der Waals surface area contributed by atoms with Crippen molar-refractivity contribution >= 4 is 28.2 Å². The van der Waals surface area contributed by atoms with Crippen molar-refractivity contribution in [3.63, 3.8) is 0 Å². The van der Waals surface area contributed by atoms with Crippen molar-refractivity contribution in [3.05, 3.63) is 34.9 Å². The van der Waals surface area contributed by atoms with Crippen LogP contribution >= 0.6 is 0 Å². The van der Waals surface area contributed by atoms with Gasteiger partial charge in [0.2, 0.25) is 10.0 Å². The number of rotatable bonds is 5. The highest BCUT2D eigenvalue weighted by Crippen LogP contribution is 2.24. The van der Waals surface area contributed by atoms with Gasteiger partial charge in [0.25, 0.3) is 0 Å². The van der Waals surface area contributed by atoms with Gasteiger partial charge in [-0.2, -0.15) is 9.57 Å². The lowest BCUT2D eigenvalue weighted by atomic mass is 10.1. The summed E-state index contributed by atoms with van der Waals surface area (Å²) in [5.74, 6) is -0.568. The summed E-state index contributed by atoms with van der Waals surface area (Å²) in [4.78, 5) is 23.7. The number of esters is 1. The summed E-state index contributed by atoms with van der Waals surface area (Å²) in [5, 5.41) is 12.1. The van der Waals surface area contributed by atoms with Crippen LogP contribution < -0.4 is 5.32 Å². The third kappa shape index (κ3) is 6.55.